The van der Waals surface area contributed by atoms with Crippen molar-refractivity contribution in [2.75, 3.05) is 0 Å². The molecule has 1 aliphatic rings. The van der Waals surface area contributed by atoms with E-state index in [4.69, 9.17) is 4.98 Å². The van der Waals surface area contributed by atoms with Crippen molar-refractivity contribution < 1.29 is 5.11 Å². The normalized spacial score (nSPS) is 19.1. The average molecular weight is 245 g/mol. The van der Waals surface area contributed by atoms with Crippen LogP contribution in [-0.2, 0) is 12.8 Å². The summed E-state index contributed by atoms with van der Waals surface area (Å²) >= 11 is 1.74. The van der Waals surface area contributed by atoms with E-state index in [0.717, 1.165) is 24.3 Å². The number of thiazole rings is 1. The molecule has 1 unspecified atom stereocenters. The number of hydrogen-bond donors (Lipinski definition) is 1. The molecule has 0 bridgehead atoms. The van der Waals surface area contributed by atoms with Crippen LogP contribution in [0.15, 0.2) is 24.3 Å². The van der Waals surface area contributed by atoms with Gasteiger partial charge in [-0.1, -0.05) is 24.3 Å². The molecule has 1 aromatic carbocycles. The summed E-state index contributed by atoms with van der Waals surface area (Å²) in [7, 11) is 0. The van der Waals surface area contributed by atoms with Gasteiger partial charge >= 0.3 is 0 Å². The molecule has 0 radical (unpaired) electrons. The predicted octanol–water partition coefficient (Wildman–Crippen LogP) is 2.97. The first-order valence-corrected chi connectivity index (χ1v) is 6.78. The van der Waals surface area contributed by atoms with Crippen molar-refractivity contribution in [1.29, 1.82) is 0 Å². The fourth-order valence-corrected chi connectivity index (χ4v) is 3.56. The summed E-state index contributed by atoms with van der Waals surface area (Å²) in [6.45, 7) is 2.12. The van der Waals surface area contributed by atoms with Gasteiger partial charge in [0.15, 0.2) is 0 Å². The monoisotopic (exact) mass is 245 g/mol. The Morgan fingerprint density at radius 1 is 1.35 bits per heavy atom. The standard InChI is InChI=1S/C14H15NOS/c1-9-4-2-3-5-11(9)14-15-12-7-6-10(16)8-13(12)17-14/h2-5,10,16H,6-8H2,1H3. The molecule has 88 valence electrons. The maximum absolute atomic E-state index is 9.67. The van der Waals surface area contributed by atoms with E-state index in [1.807, 2.05) is 0 Å². The Balaban J connectivity index is 2.03. The molecular weight excluding hydrogens is 230 g/mol. The summed E-state index contributed by atoms with van der Waals surface area (Å²) in [5.41, 5.74) is 3.68. The number of fused-ring (bicyclic) bond motifs is 1. The zero-order chi connectivity index (χ0) is 11.8. The molecule has 2 nitrogen and oxygen atoms in total. The molecule has 1 N–H and O–H groups in total. The van der Waals surface area contributed by atoms with Gasteiger partial charge in [0.1, 0.15) is 5.01 Å². The van der Waals surface area contributed by atoms with Crippen LogP contribution in [0.3, 0.4) is 0 Å². The average Bonchev–Trinajstić information content (AvgIpc) is 2.72. The maximum atomic E-state index is 9.67. The molecule has 3 rings (SSSR count). The molecular formula is C14H15NOS. The van der Waals surface area contributed by atoms with E-state index in [0.29, 0.717) is 0 Å². The number of aliphatic hydroxyl groups is 1. The zero-order valence-corrected chi connectivity index (χ0v) is 10.6. The Morgan fingerprint density at radius 2 is 2.18 bits per heavy atom. The van der Waals surface area contributed by atoms with Crippen LogP contribution >= 0.6 is 11.3 Å². The highest BCUT2D eigenvalue weighted by Crippen LogP contribution is 2.33. The largest absolute Gasteiger partial charge is 0.393 e. The minimum absolute atomic E-state index is 0.173. The van der Waals surface area contributed by atoms with Crippen LogP contribution < -0.4 is 0 Å². The number of benzene rings is 1. The lowest BCUT2D eigenvalue weighted by Crippen LogP contribution is -2.17. The quantitative estimate of drug-likeness (QED) is 0.838. The number of hydrogen-bond acceptors (Lipinski definition) is 3. The third kappa shape index (κ3) is 2.01. The van der Waals surface area contributed by atoms with Crippen molar-refractivity contribution in [3.63, 3.8) is 0 Å². The first-order chi connectivity index (χ1) is 8.24. The van der Waals surface area contributed by atoms with Gasteiger partial charge in [-0.05, 0) is 25.3 Å². The molecule has 0 spiro atoms. The second-order valence-corrected chi connectivity index (χ2v) is 5.68. The highest BCUT2D eigenvalue weighted by molar-refractivity contribution is 7.15. The number of aryl methyl sites for hydroxylation is 2. The van der Waals surface area contributed by atoms with Crippen molar-refractivity contribution in [3.05, 3.63) is 40.4 Å². The Bertz CT molecular complexity index is 547. The Kier molecular flexibility index (Phi) is 2.73. The van der Waals surface area contributed by atoms with Gasteiger partial charge < -0.3 is 5.11 Å². The fourth-order valence-electron chi connectivity index (χ4n) is 2.29. The molecule has 1 aliphatic carbocycles. The number of aliphatic hydroxyl groups excluding tert-OH is 1. The summed E-state index contributed by atoms with van der Waals surface area (Å²) in [6.07, 6.45) is 2.37. The second-order valence-electron chi connectivity index (χ2n) is 4.60. The van der Waals surface area contributed by atoms with Crippen LogP contribution in [0.25, 0.3) is 10.6 Å². The molecule has 1 heterocycles. The van der Waals surface area contributed by atoms with Crippen LogP contribution in [0.4, 0.5) is 0 Å². The molecule has 3 heteroatoms. The summed E-state index contributed by atoms with van der Waals surface area (Å²) in [4.78, 5) is 5.99. The Morgan fingerprint density at radius 3 is 3.00 bits per heavy atom. The summed E-state index contributed by atoms with van der Waals surface area (Å²) < 4.78 is 0. The molecule has 0 aliphatic heterocycles. The van der Waals surface area contributed by atoms with Crippen molar-refractivity contribution in [2.45, 2.75) is 32.3 Å². The van der Waals surface area contributed by atoms with E-state index in [1.54, 1.807) is 11.3 Å². The summed E-state index contributed by atoms with van der Waals surface area (Å²) in [5, 5.41) is 10.8. The van der Waals surface area contributed by atoms with Crippen molar-refractivity contribution >= 4 is 11.3 Å². The van der Waals surface area contributed by atoms with Crippen molar-refractivity contribution in [1.82, 2.24) is 4.98 Å². The molecule has 0 fully saturated rings. The molecule has 2 aromatic rings. The minimum Gasteiger partial charge on any atom is -0.393 e. The van der Waals surface area contributed by atoms with Gasteiger partial charge in [-0.15, -0.1) is 11.3 Å². The minimum atomic E-state index is -0.173. The van der Waals surface area contributed by atoms with E-state index in [1.165, 1.54) is 21.7 Å². The third-order valence-corrected chi connectivity index (χ3v) is 4.44. The van der Waals surface area contributed by atoms with Crippen LogP contribution in [-0.4, -0.2) is 16.2 Å². The molecule has 0 saturated heterocycles. The van der Waals surface area contributed by atoms with Crippen LogP contribution in [0.1, 0.15) is 22.6 Å². The Hall–Kier alpha value is -1.19. The maximum Gasteiger partial charge on any atom is 0.124 e. The first kappa shape index (κ1) is 10.9. The number of aromatic nitrogens is 1. The smallest absolute Gasteiger partial charge is 0.124 e. The van der Waals surface area contributed by atoms with E-state index < -0.39 is 0 Å². The molecule has 0 amide bonds. The lowest BCUT2D eigenvalue weighted by atomic mass is 10.0. The van der Waals surface area contributed by atoms with Gasteiger partial charge in [-0.3, -0.25) is 0 Å². The molecule has 1 aromatic heterocycles. The van der Waals surface area contributed by atoms with Gasteiger partial charge in [-0.2, -0.15) is 0 Å². The molecule has 1 atom stereocenters. The van der Waals surface area contributed by atoms with E-state index in [-0.39, 0.29) is 6.10 Å². The van der Waals surface area contributed by atoms with Crippen molar-refractivity contribution in [2.24, 2.45) is 0 Å². The van der Waals surface area contributed by atoms with E-state index >= 15 is 0 Å². The fraction of sp³-hybridized carbons (Fsp3) is 0.357. The zero-order valence-electron chi connectivity index (χ0n) is 9.81. The van der Waals surface area contributed by atoms with Gasteiger partial charge in [-0.25, -0.2) is 4.98 Å². The van der Waals surface area contributed by atoms with E-state index in [9.17, 15) is 5.11 Å². The van der Waals surface area contributed by atoms with Gasteiger partial charge in [0, 0.05) is 16.9 Å². The van der Waals surface area contributed by atoms with Gasteiger partial charge in [0.25, 0.3) is 0 Å². The third-order valence-electron chi connectivity index (χ3n) is 3.29. The number of nitrogens with zero attached hydrogens (tertiary/aromatic N) is 1. The van der Waals surface area contributed by atoms with Crippen LogP contribution in [0.2, 0.25) is 0 Å². The van der Waals surface area contributed by atoms with E-state index in [2.05, 4.69) is 31.2 Å². The van der Waals surface area contributed by atoms with Crippen molar-refractivity contribution in [3.8, 4) is 10.6 Å². The topological polar surface area (TPSA) is 33.1 Å². The first-order valence-electron chi connectivity index (χ1n) is 5.96. The lowest BCUT2D eigenvalue weighted by Gasteiger charge is -2.14. The second kappa shape index (κ2) is 4.24. The van der Waals surface area contributed by atoms with Crippen LogP contribution in [0, 0.1) is 6.92 Å². The number of rotatable bonds is 1. The van der Waals surface area contributed by atoms with Gasteiger partial charge in [0.2, 0.25) is 0 Å². The highest BCUT2D eigenvalue weighted by Gasteiger charge is 2.21. The summed E-state index contributed by atoms with van der Waals surface area (Å²) in [6, 6.07) is 8.34. The SMILES string of the molecule is Cc1ccccc1-c1nc2c(s1)CC(O)CC2. The molecule has 0 saturated carbocycles. The Labute approximate surface area is 105 Å². The van der Waals surface area contributed by atoms with Crippen LogP contribution in [0.5, 0.6) is 0 Å². The predicted molar refractivity (Wildman–Crippen MR) is 70.3 cm³/mol. The highest BCUT2D eigenvalue weighted by atomic mass is 32.1. The molecule has 17 heavy (non-hydrogen) atoms. The van der Waals surface area contributed by atoms with Gasteiger partial charge in [0.05, 0.1) is 11.8 Å². The summed E-state index contributed by atoms with van der Waals surface area (Å²) in [5.74, 6) is 0. The lowest BCUT2D eigenvalue weighted by molar-refractivity contribution is 0.159.